The van der Waals surface area contributed by atoms with E-state index in [4.69, 9.17) is 13.9 Å². The Kier molecular flexibility index (Phi) is 7.50. The molecule has 0 saturated carbocycles. The lowest BCUT2D eigenvalue weighted by atomic mass is 10.2. The van der Waals surface area contributed by atoms with Crippen LogP contribution in [-0.4, -0.2) is 40.9 Å². The van der Waals surface area contributed by atoms with Crippen LogP contribution in [0.3, 0.4) is 0 Å². The first kappa shape index (κ1) is 22.2. The molecule has 1 amide bonds. The number of methoxy groups -OCH3 is 1. The molecule has 3 aromatic rings. The Morgan fingerprint density at radius 2 is 2.10 bits per heavy atom. The van der Waals surface area contributed by atoms with Crippen molar-refractivity contribution in [1.82, 2.24) is 14.9 Å². The largest absolute Gasteiger partial charge is 0.497 e. The molecule has 2 aromatic heterocycles. The maximum Gasteiger partial charge on any atom is 0.345 e. The number of furan rings is 1. The number of nitrogens with one attached hydrogen (secondary N) is 1. The molecule has 162 valence electrons. The summed E-state index contributed by atoms with van der Waals surface area (Å²) in [5, 5.41) is 2.98. The highest BCUT2D eigenvalue weighted by Crippen LogP contribution is 2.21. The normalized spacial score (nSPS) is 10.5. The molecule has 3 rings (SSSR count). The van der Waals surface area contributed by atoms with E-state index in [0.29, 0.717) is 17.2 Å². The van der Waals surface area contributed by atoms with E-state index in [9.17, 15) is 14.4 Å². The summed E-state index contributed by atoms with van der Waals surface area (Å²) < 4.78 is 16.6. The average Bonchev–Trinajstić information content (AvgIpc) is 3.30. The van der Waals surface area contributed by atoms with Gasteiger partial charge in [0.1, 0.15) is 17.1 Å². The van der Waals surface area contributed by atoms with Gasteiger partial charge in [0, 0.05) is 6.07 Å². The second-order valence-corrected chi connectivity index (χ2v) is 7.10. The average molecular weight is 443 g/mol. The molecule has 1 N–H and O–H groups in total. The summed E-state index contributed by atoms with van der Waals surface area (Å²) >= 11 is 1.06. The lowest BCUT2D eigenvalue weighted by molar-refractivity contribution is -0.118. The van der Waals surface area contributed by atoms with Gasteiger partial charge in [-0.2, -0.15) is 0 Å². The van der Waals surface area contributed by atoms with E-state index in [1.54, 1.807) is 43.3 Å². The zero-order valence-corrected chi connectivity index (χ0v) is 17.8. The number of thioether (sulfide) groups is 1. The first-order valence-corrected chi connectivity index (χ1v) is 10.4. The number of carbonyl (C=O) groups is 2. The van der Waals surface area contributed by atoms with E-state index in [2.05, 4.69) is 10.3 Å². The molecule has 2 heterocycles. The Morgan fingerprint density at radius 1 is 1.26 bits per heavy atom. The molecule has 10 heteroatoms. The van der Waals surface area contributed by atoms with E-state index >= 15 is 0 Å². The Labute approximate surface area is 182 Å². The third kappa shape index (κ3) is 5.54. The quantitative estimate of drug-likeness (QED) is 0.305. The van der Waals surface area contributed by atoms with E-state index in [1.807, 2.05) is 0 Å². The molecule has 0 aliphatic heterocycles. The van der Waals surface area contributed by atoms with Crippen molar-refractivity contribution in [2.45, 2.75) is 18.6 Å². The molecule has 0 aliphatic carbocycles. The van der Waals surface area contributed by atoms with Crippen LogP contribution in [0.4, 0.5) is 0 Å². The van der Waals surface area contributed by atoms with Crippen molar-refractivity contribution in [2.75, 3.05) is 19.5 Å². The Bertz CT molecular complexity index is 1110. The number of amides is 1. The van der Waals surface area contributed by atoms with Gasteiger partial charge < -0.3 is 19.2 Å². The third-order valence-corrected chi connectivity index (χ3v) is 5.06. The van der Waals surface area contributed by atoms with Gasteiger partial charge in [-0.25, -0.2) is 9.78 Å². The van der Waals surface area contributed by atoms with Crippen molar-refractivity contribution in [3.8, 4) is 11.4 Å². The third-order valence-electron chi connectivity index (χ3n) is 4.11. The monoisotopic (exact) mass is 443 g/mol. The summed E-state index contributed by atoms with van der Waals surface area (Å²) in [7, 11) is 1.51. The molecule has 0 unspecified atom stereocenters. The highest BCUT2D eigenvalue weighted by atomic mass is 32.2. The molecule has 0 atom stereocenters. The van der Waals surface area contributed by atoms with Crippen molar-refractivity contribution in [1.29, 1.82) is 0 Å². The second kappa shape index (κ2) is 10.5. The van der Waals surface area contributed by atoms with Crippen molar-refractivity contribution < 1.29 is 23.5 Å². The number of ether oxygens (including phenoxy) is 2. The number of esters is 1. The Hall–Kier alpha value is -3.53. The smallest absolute Gasteiger partial charge is 0.345 e. The van der Waals surface area contributed by atoms with Crippen LogP contribution < -0.4 is 15.6 Å². The molecule has 0 fully saturated rings. The highest BCUT2D eigenvalue weighted by Gasteiger charge is 2.19. The van der Waals surface area contributed by atoms with Crippen LogP contribution in [0.5, 0.6) is 5.75 Å². The fraction of sp³-hybridized carbons (Fsp3) is 0.238. The van der Waals surface area contributed by atoms with E-state index in [-0.39, 0.29) is 35.5 Å². The van der Waals surface area contributed by atoms with Crippen LogP contribution >= 0.6 is 11.8 Å². The maximum atomic E-state index is 13.1. The first-order valence-electron chi connectivity index (χ1n) is 9.39. The van der Waals surface area contributed by atoms with Crippen LogP contribution in [0.25, 0.3) is 5.69 Å². The van der Waals surface area contributed by atoms with E-state index in [1.165, 1.54) is 24.1 Å². The minimum atomic E-state index is -0.760. The number of benzene rings is 1. The molecule has 0 aliphatic rings. The van der Waals surface area contributed by atoms with Gasteiger partial charge in [-0.3, -0.25) is 14.2 Å². The molecular weight excluding hydrogens is 422 g/mol. The Morgan fingerprint density at radius 3 is 2.81 bits per heavy atom. The van der Waals surface area contributed by atoms with Crippen LogP contribution in [0.2, 0.25) is 0 Å². The molecule has 31 heavy (non-hydrogen) atoms. The van der Waals surface area contributed by atoms with Crippen molar-refractivity contribution in [3.63, 3.8) is 0 Å². The lowest BCUT2D eigenvalue weighted by Crippen LogP contribution is -2.29. The molecule has 0 radical (unpaired) electrons. The van der Waals surface area contributed by atoms with Gasteiger partial charge in [-0.1, -0.05) is 17.8 Å². The number of carbonyl (C=O) groups excluding carboxylic acids is 2. The van der Waals surface area contributed by atoms with Gasteiger partial charge >= 0.3 is 5.97 Å². The van der Waals surface area contributed by atoms with Gasteiger partial charge in [0.25, 0.3) is 5.56 Å². The fourth-order valence-electron chi connectivity index (χ4n) is 2.65. The fourth-order valence-corrected chi connectivity index (χ4v) is 3.45. The minimum absolute atomic E-state index is 0.00979. The first-order chi connectivity index (χ1) is 15.0. The standard InChI is InChI=1S/C21H21N3O6S/c1-3-29-20(27)17-12-23-21(31-13-18(25)22-11-16-8-5-9-30-16)24(19(17)26)14-6-4-7-15(10-14)28-2/h4-10,12H,3,11,13H2,1-2H3,(H,22,25). The lowest BCUT2D eigenvalue weighted by Gasteiger charge is -2.14. The molecular formula is C21H21N3O6S. The van der Waals surface area contributed by atoms with E-state index < -0.39 is 11.5 Å². The summed E-state index contributed by atoms with van der Waals surface area (Å²) in [4.78, 5) is 41.7. The van der Waals surface area contributed by atoms with Crippen molar-refractivity contribution in [2.24, 2.45) is 0 Å². The van der Waals surface area contributed by atoms with Crippen LogP contribution in [-0.2, 0) is 16.1 Å². The van der Waals surface area contributed by atoms with Crippen LogP contribution in [0, 0.1) is 0 Å². The van der Waals surface area contributed by atoms with Gasteiger partial charge in [0.05, 0.1) is 44.2 Å². The van der Waals surface area contributed by atoms with Gasteiger partial charge in [0.15, 0.2) is 5.16 Å². The summed E-state index contributed by atoms with van der Waals surface area (Å²) in [5.74, 6) is 0.143. The number of aromatic nitrogens is 2. The van der Waals surface area contributed by atoms with Gasteiger partial charge in [0.2, 0.25) is 5.91 Å². The summed E-state index contributed by atoms with van der Waals surface area (Å²) in [6, 6.07) is 10.2. The number of rotatable bonds is 9. The number of hydrogen-bond donors (Lipinski definition) is 1. The van der Waals surface area contributed by atoms with Gasteiger partial charge in [-0.05, 0) is 31.2 Å². The topological polar surface area (TPSA) is 113 Å². The summed E-state index contributed by atoms with van der Waals surface area (Å²) in [5.41, 5.74) is -0.349. The van der Waals surface area contributed by atoms with Gasteiger partial charge in [-0.15, -0.1) is 0 Å². The zero-order valence-electron chi connectivity index (χ0n) is 17.0. The maximum absolute atomic E-state index is 13.1. The predicted molar refractivity (Wildman–Crippen MR) is 114 cm³/mol. The second-order valence-electron chi connectivity index (χ2n) is 6.16. The van der Waals surface area contributed by atoms with Crippen molar-refractivity contribution in [3.05, 3.63) is 70.5 Å². The molecule has 9 nitrogen and oxygen atoms in total. The zero-order chi connectivity index (χ0) is 22.2. The summed E-state index contributed by atoms with van der Waals surface area (Å²) in [6.07, 6.45) is 2.69. The summed E-state index contributed by atoms with van der Waals surface area (Å²) in [6.45, 7) is 2.03. The molecule has 0 bridgehead atoms. The molecule has 0 spiro atoms. The highest BCUT2D eigenvalue weighted by molar-refractivity contribution is 7.99. The van der Waals surface area contributed by atoms with E-state index in [0.717, 1.165) is 11.8 Å². The molecule has 0 saturated heterocycles. The minimum Gasteiger partial charge on any atom is -0.497 e. The SMILES string of the molecule is CCOC(=O)c1cnc(SCC(=O)NCc2ccco2)n(-c2cccc(OC)c2)c1=O. The van der Waals surface area contributed by atoms with Crippen molar-refractivity contribution >= 4 is 23.6 Å². The number of hydrogen-bond acceptors (Lipinski definition) is 8. The Balaban J connectivity index is 1.87. The molecule has 1 aromatic carbocycles. The number of nitrogens with zero attached hydrogens (tertiary/aromatic N) is 2. The van der Waals surface area contributed by atoms with Crippen LogP contribution in [0.15, 0.2) is 63.2 Å². The van der Waals surface area contributed by atoms with Crippen LogP contribution in [0.1, 0.15) is 23.0 Å². The predicted octanol–water partition coefficient (Wildman–Crippen LogP) is 2.42.